The van der Waals surface area contributed by atoms with Crippen molar-refractivity contribution in [3.05, 3.63) is 59.2 Å². The third-order valence-corrected chi connectivity index (χ3v) is 5.19. The van der Waals surface area contributed by atoms with Gasteiger partial charge in [-0.1, -0.05) is 19.3 Å². The average Bonchev–Trinajstić information content (AvgIpc) is 2.72. The van der Waals surface area contributed by atoms with Crippen LogP contribution in [0.2, 0.25) is 0 Å². The van der Waals surface area contributed by atoms with Crippen LogP contribution < -0.4 is 10.1 Å². The Morgan fingerprint density at radius 3 is 2.79 bits per heavy atom. The zero-order valence-corrected chi connectivity index (χ0v) is 16.0. The van der Waals surface area contributed by atoms with Crippen molar-refractivity contribution in [2.45, 2.75) is 51.7 Å². The van der Waals surface area contributed by atoms with E-state index in [-0.39, 0.29) is 29.9 Å². The van der Waals surface area contributed by atoms with E-state index < -0.39 is 5.82 Å². The molecule has 3 rings (SSSR count). The predicted molar refractivity (Wildman–Crippen MR) is 103 cm³/mol. The minimum absolute atomic E-state index is 0.120. The number of halogens is 1. The van der Waals surface area contributed by atoms with Crippen molar-refractivity contribution in [2.24, 2.45) is 5.92 Å². The molecule has 6 heteroatoms. The van der Waals surface area contributed by atoms with E-state index in [9.17, 15) is 9.18 Å². The summed E-state index contributed by atoms with van der Waals surface area (Å²) in [6.45, 7) is 2.19. The van der Waals surface area contributed by atoms with Gasteiger partial charge in [0, 0.05) is 18.3 Å². The zero-order valence-electron chi connectivity index (χ0n) is 16.0. The summed E-state index contributed by atoms with van der Waals surface area (Å²) in [6.07, 6.45) is 7.63. The van der Waals surface area contributed by atoms with Crippen molar-refractivity contribution in [3.8, 4) is 11.8 Å². The highest BCUT2D eigenvalue weighted by Gasteiger charge is 2.21. The SMILES string of the molecule is C[C@H](NC(=O)c1ccc(COc2cc(F)cc(C#N)c2)nc1)C1CCCCC1. The number of hydrogen-bond acceptors (Lipinski definition) is 4. The number of benzene rings is 1. The van der Waals surface area contributed by atoms with Gasteiger partial charge in [0.25, 0.3) is 5.91 Å². The minimum Gasteiger partial charge on any atom is -0.487 e. The van der Waals surface area contributed by atoms with Crippen molar-refractivity contribution in [3.63, 3.8) is 0 Å². The lowest BCUT2D eigenvalue weighted by Crippen LogP contribution is -2.38. The molecule has 1 aromatic heterocycles. The van der Waals surface area contributed by atoms with Crippen LogP contribution in [0.4, 0.5) is 4.39 Å². The summed E-state index contributed by atoms with van der Waals surface area (Å²) in [5.41, 5.74) is 1.31. The highest BCUT2D eigenvalue weighted by atomic mass is 19.1. The molecule has 2 aromatic rings. The first-order valence-electron chi connectivity index (χ1n) is 9.64. The Morgan fingerprint density at radius 1 is 1.32 bits per heavy atom. The first kappa shape index (κ1) is 19.8. The summed E-state index contributed by atoms with van der Waals surface area (Å²) in [4.78, 5) is 16.7. The van der Waals surface area contributed by atoms with E-state index in [0.717, 1.165) is 6.07 Å². The number of aromatic nitrogens is 1. The lowest BCUT2D eigenvalue weighted by atomic mass is 9.84. The molecule has 0 radical (unpaired) electrons. The van der Waals surface area contributed by atoms with Crippen molar-refractivity contribution in [1.82, 2.24) is 10.3 Å². The summed E-state index contributed by atoms with van der Waals surface area (Å²) in [5, 5.41) is 12.0. The Labute approximate surface area is 164 Å². The smallest absolute Gasteiger partial charge is 0.253 e. The number of nitriles is 1. The molecule has 0 saturated heterocycles. The largest absolute Gasteiger partial charge is 0.487 e. The number of carbonyl (C=O) groups excluding carboxylic acids is 1. The van der Waals surface area contributed by atoms with Gasteiger partial charge in [-0.05, 0) is 49.9 Å². The van der Waals surface area contributed by atoms with E-state index >= 15 is 0 Å². The van der Waals surface area contributed by atoms with Crippen molar-refractivity contribution in [2.75, 3.05) is 0 Å². The molecule has 0 aliphatic heterocycles. The van der Waals surface area contributed by atoms with E-state index in [1.54, 1.807) is 12.1 Å². The molecule has 1 saturated carbocycles. The lowest BCUT2D eigenvalue weighted by molar-refractivity contribution is 0.0919. The van der Waals surface area contributed by atoms with Crippen LogP contribution in [-0.2, 0) is 6.61 Å². The van der Waals surface area contributed by atoms with Crippen LogP contribution in [0.3, 0.4) is 0 Å². The van der Waals surface area contributed by atoms with Crippen molar-refractivity contribution < 1.29 is 13.9 Å². The molecule has 0 unspecified atom stereocenters. The number of pyridine rings is 1. The molecule has 146 valence electrons. The number of hydrogen-bond donors (Lipinski definition) is 1. The van der Waals surface area contributed by atoms with E-state index in [4.69, 9.17) is 10.00 Å². The molecule has 1 aromatic carbocycles. The Kier molecular flexibility index (Phi) is 6.59. The fourth-order valence-corrected chi connectivity index (χ4v) is 3.55. The molecular weight excluding hydrogens is 357 g/mol. The molecular formula is C22H24FN3O2. The highest BCUT2D eigenvalue weighted by Crippen LogP contribution is 2.26. The van der Waals surface area contributed by atoms with Gasteiger partial charge in [0.1, 0.15) is 18.2 Å². The maximum atomic E-state index is 13.4. The van der Waals surface area contributed by atoms with Gasteiger partial charge in [-0.3, -0.25) is 9.78 Å². The van der Waals surface area contributed by atoms with Crippen molar-refractivity contribution in [1.29, 1.82) is 5.26 Å². The second-order valence-corrected chi connectivity index (χ2v) is 7.27. The van der Waals surface area contributed by atoms with Crippen LogP contribution in [0.5, 0.6) is 5.75 Å². The lowest BCUT2D eigenvalue weighted by Gasteiger charge is -2.28. The average molecular weight is 381 g/mol. The number of amides is 1. The van der Waals surface area contributed by atoms with Gasteiger partial charge in [0.05, 0.1) is 22.9 Å². The molecule has 0 bridgehead atoms. The van der Waals surface area contributed by atoms with Crippen LogP contribution in [0.1, 0.15) is 60.6 Å². The number of ether oxygens (including phenoxy) is 1. The number of carbonyl (C=O) groups is 1. The standard InChI is InChI=1S/C22H24FN3O2/c1-15(17-5-3-2-4-6-17)26-22(27)18-7-8-20(25-13-18)14-28-21-10-16(12-24)9-19(23)11-21/h7-11,13,15,17H,2-6,14H2,1H3,(H,26,27)/t15-/m0/s1. The second-order valence-electron chi connectivity index (χ2n) is 7.27. The topological polar surface area (TPSA) is 75.0 Å². The Bertz CT molecular complexity index is 855. The van der Waals surface area contributed by atoms with Gasteiger partial charge in [-0.2, -0.15) is 5.26 Å². The fourth-order valence-electron chi connectivity index (χ4n) is 3.55. The summed E-state index contributed by atoms with van der Waals surface area (Å²) in [5.74, 6) is 0.160. The Morgan fingerprint density at radius 2 is 2.11 bits per heavy atom. The Balaban J connectivity index is 1.55. The molecule has 0 spiro atoms. The molecule has 1 aliphatic rings. The molecule has 1 amide bonds. The van der Waals surface area contributed by atoms with Crippen LogP contribution in [0, 0.1) is 23.1 Å². The minimum atomic E-state index is -0.527. The van der Waals surface area contributed by atoms with Crippen molar-refractivity contribution >= 4 is 5.91 Å². The first-order chi connectivity index (χ1) is 13.5. The number of nitrogens with one attached hydrogen (secondary N) is 1. The second kappa shape index (κ2) is 9.32. The molecule has 1 N–H and O–H groups in total. The van der Waals surface area contributed by atoms with Crippen LogP contribution in [0.15, 0.2) is 36.5 Å². The van der Waals surface area contributed by atoms with Gasteiger partial charge in [0.2, 0.25) is 0 Å². The summed E-state index contributed by atoms with van der Waals surface area (Å²) in [7, 11) is 0. The first-order valence-corrected chi connectivity index (χ1v) is 9.64. The van der Waals surface area contributed by atoms with E-state index in [0.29, 0.717) is 17.2 Å². The number of rotatable bonds is 6. The predicted octanol–water partition coefficient (Wildman–Crippen LogP) is 4.37. The molecule has 1 atom stereocenters. The van der Waals surface area contributed by atoms with E-state index in [2.05, 4.69) is 17.2 Å². The van der Waals surface area contributed by atoms with Gasteiger partial charge < -0.3 is 10.1 Å². The highest BCUT2D eigenvalue weighted by molar-refractivity contribution is 5.94. The molecule has 1 heterocycles. The van der Waals surface area contributed by atoms with E-state index in [1.165, 1.54) is 50.4 Å². The molecule has 5 nitrogen and oxygen atoms in total. The third-order valence-electron chi connectivity index (χ3n) is 5.19. The van der Waals surface area contributed by atoms with Gasteiger partial charge in [0.15, 0.2) is 0 Å². The zero-order chi connectivity index (χ0) is 19.9. The fraction of sp³-hybridized carbons (Fsp3) is 0.409. The normalized spacial score (nSPS) is 15.5. The summed E-state index contributed by atoms with van der Waals surface area (Å²) >= 11 is 0. The molecule has 1 aliphatic carbocycles. The van der Waals surface area contributed by atoms with Crippen LogP contribution in [-0.4, -0.2) is 16.9 Å². The quantitative estimate of drug-likeness (QED) is 0.806. The maximum Gasteiger partial charge on any atom is 0.253 e. The van der Waals surface area contributed by atoms with Crippen LogP contribution in [0.25, 0.3) is 0 Å². The van der Waals surface area contributed by atoms with Gasteiger partial charge in [-0.15, -0.1) is 0 Å². The summed E-state index contributed by atoms with van der Waals surface area (Å²) in [6, 6.07) is 9.29. The Hall–Kier alpha value is -2.94. The monoisotopic (exact) mass is 381 g/mol. The van der Waals surface area contributed by atoms with E-state index in [1.807, 2.05) is 6.07 Å². The summed E-state index contributed by atoms with van der Waals surface area (Å²) < 4.78 is 18.9. The van der Waals surface area contributed by atoms with Crippen LogP contribution >= 0.6 is 0 Å². The van der Waals surface area contributed by atoms with Gasteiger partial charge >= 0.3 is 0 Å². The molecule has 1 fully saturated rings. The maximum absolute atomic E-state index is 13.4. The third kappa shape index (κ3) is 5.29. The number of nitrogens with zero attached hydrogens (tertiary/aromatic N) is 2. The molecule has 28 heavy (non-hydrogen) atoms. The van der Waals surface area contributed by atoms with Gasteiger partial charge in [-0.25, -0.2) is 4.39 Å².